The number of aryl methyl sites for hydroxylation is 1. The Morgan fingerprint density at radius 1 is 1.35 bits per heavy atom. The van der Waals surface area contributed by atoms with Gasteiger partial charge >= 0.3 is 0 Å². The second kappa shape index (κ2) is 5.71. The second-order valence-corrected chi connectivity index (χ2v) is 5.48. The molecule has 1 aromatic carbocycles. The van der Waals surface area contributed by atoms with Gasteiger partial charge in [0.2, 0.25) is 0 Å². The summed E-state index contributed by atoms with van der Waals surface area (Å²) in [5.41, 5.74) is 1.45. The Hall–Kier alpha value is -1.75. The highest BCUT2D eigenvalue weighted by Gasteiger charge is 2.43. The average Bonchev–Trinajstić information content (AvgIpc) is 3.16. The Labute approximate surface area is 119 Å². The van der Waals surface area contributed by atoms with Gasteiger partial charge in [-0.1, -0.05) is 37.3 Å². The first-order valence-electron chi connectivity index (χ1n) is 7.29. The summed E-state index contributed by atoms with van der Waals surface area (Å²) in [4.78, 5) is 1.53. The quantitative estimate of drug-likeness (QED) is 0.866. The number of nitrogens with zero attached hydrogens (tertiary/aromatic N) is 4. The number of nitrogens with one attached hydrogen (secondary N) is 1. The molecule has 0 spiro atoms. The minimum Gasteiger partial charge on any atom is -0.314 e. The molecule has 1 aliphatic carbocycles. The Morgan fingerprint density at radius 3 is 2.80 bits per heavy atom. The molecule has 2 aromatic rings. The van der Waals surface area contributed by atoms with Gasteiger partial charge in [-0.2, -0.15) is 4.80 Å². The van der Waals surface area contributed by atoms with E-state index in [1.807, 2.05) is 7.05 Å². The van der Waals surface area contributed by atoms with Crippen LogP contribution in [-0.4, -0.2) is 32.8 Å². The summed E-state index contributed by atoms with van der Waals surface area (Å²) in [5, 5.41) is 15.9. The van der Waals surface area contributed by atoms with E-state index in [4.69, 9.17) is 0 Å². The average molecular weight is 271 g/mol. The molecule has 0 aliphatic heterocycles. The highest BCUT2D eigenvalue weighted by atomic mass is 15.6. The Balaban J connectivity index is 1.66. The van der Waals surface area contributed by atoms with Gasteiger partial charge in [0, 0.05) is 12.5 Å². The zero-order valence-corrected chi connectivity index (χ0v) is 12.0. The summed E-state index contributed by atoms with van der Waals surface area (Å²) in [6.45, 7) is 3.12. The summed E-state index contributed by atoms with van der Waals surface area (Å²) < 4.78 is 0. The van der Waals surface area contributed by atoms with Gasteiger partial charge in [0.05, 0.1) is 7.05 Å². The molecular weight excluding hydrogens is 250 g/mol. The number of hydrogen-bond donors (Lipinski definition) is 1. The van der Waals surface area contributed by atoms with E-state index in [-0.39, 0.29) is 0 Å². The maximum Gasteiger partial charge on any atom is 0.176 e. The Bertz CT molecular complexity index is 550. The number of benzene rings is 1. The van der Waals surface area contributed by atoms with Crippen molar-refractivity contribution >= 4 is 0 Å². The molecule has 0 bridgehead atoms. The van der Waals surface area contributed by atoms with Gasteiger partial charge in [-0.25, -0.2) is 0 Å². The van der Waals surface area contributed by atoms with Crippen molar-refractivity contribution in [3.8, 4) is 0 Å². The number of hydrogen-bond acceptors (Lipinski definition) is 4. The van der Waals surface area contributed by atoms with Crippen LogP contribution in [0.2, 0.25) is 0 Å². The molecule has 1 N–H and O–H groups in total. The van der Waals surface area contributed by atoms with Gasteiger partial charge in [0.25, 0.3) is 0 Å². The first kappa shape index (κ1) is 13.2. The van der Waals surface area contributed by atoms with Crippen LogP contribution in [0.25, 0.3) is 0 Å². The van der Waals surface area contributed by atoms with E-state index in [1.54, 1.807) is 0 Å². The third kappa shape index (κ3) is 2.88. The molecule has 1 aromatic heterocycles. The van der Waals surface area contributed by atoms with Crippen LogP contribution in [0.3, 0.4) is 0 Å². The Kier molecular flexibility index (Phi) is 3.78. The summed E-state index contributed by atoms with van der Waals surface area (Å²) >= 11 is 0. The van der Waals surface area contributed by atoms with E-state index in [0.29, 0.717) is 17.9 Å². The third-order valence-electron chi connectivity index (χ3n) is 4.00. The van der Waals surface area contributed by atoms with Crippen molar-refractivity contribution in [2.75, 3.05) is 6.54 Å². The first-order valence-corrected chi connectivity index (χ1v) is 7.29. The van der Waals surface area contributed by atoms with Crippen LogP contribution in [0.4, 0.5) is 0 Å². The fraction of sp³-hybridized carbons (Fsp3) is 0.533. The predicted molar refractivity (Wildman–Crippen MR) is 77.3 cm³/mol. The van der Waals surface area contributed by atoms with Crippen molar-refractivity contribution < 1.29 is 0 Å². The maximum absolute atomic E-state index is 4.30. The molecule has 1 aliphatic rings. The van der Waals surface area contributed by atoms with Crippen molar-refractivity contribution in [3.05, 3.63) is 41.7 Å². The molecule has 1 heterocycles. The third-order valence-corrected chi connectivity index (χ3v) is 4.00. The van der Waals surface area contributed by atoms with Crippen LogP contribution in [0.1, 0.15) is 30.7 Å². The number of rotatable bonds is 6. The van der Waals surface area contributed by atoms with Crippen molar-refractivity contribution in [1.29, 1.82) is 0 Å². The molecule has 0 amide bonds. The van der Waals surface area contributed by atoms with E-state index in [9.17, 15) is 0 Å². The second-order valence-electron chi connectivity index (χ2n) is 5.48. The van der Waals surface area contributed by atoms with E-state index < -0.39 is 0 Å². The van der Waals surface area contributed by atoms with Crippen molar-refractivity contribution in [1.82, 2.24) is 25.5 Å². The van der Waals surface area contributed by atoms with Gasteiger partial charge in [0.15, 0.2) is 5.82 Å². The molecule has 106 valence electrons. The molecule has 0 saturated heterocycles. The van der Waals surface area contributed by atoms with Crippen molar-refractivity contribution in [2.24, 2.45) is 13.0 Å². The van der Waals surface area contributed by atoms with Crippen molar-refractivity contribution in [2.45, 2.75) is 31.7 Å². The van der Waals surface area contributed by atoms with Gasteiger partial charge in [-0.15, -0.1) is 10.2 Å². The summed E-state index contributed by atoms with van der Waals surface area (Å²) in [6.07, 6.45) is 2.11. The predicted octanol–water partition coefficient (Wildman–Crippen LogP) is 1.53. The molecular formula is C15H21N5. The van der Waals surface area contributed by atoms with Crippen LogP contribution in [0, 0.1) is 5.92 Å². The summed E-state index contributed by atoms with van der Waals surface area (Å²) in [7, 11) is 1.81. The van der Waals surface area contributed by atoms with Crippen LogP contribution >= 0.6 is 0 Å². The minimum absolute atomic E-state index is 0.439. The molecule has 3 atom stereocenters. The largest absolute Gasteiger partial charge is 0.314 e. The lowest BCUT2D eigenvalue weighted by Crippen LogP contribution is -2.34. The van der Waals surface area contributed by atoms with E-state index in [2.05, 4.69) is 58.0 Å². The fourth-order valence-corrected chi connectivity index (χ4v) is 2.98. The molecule has 3 unspecified atom stereocenters. The topological polar surface area (TPSA) is 55.6 Å². The lowest BCUT2D eigenvalue weighted by Gasteiger charge is -2.16. The van der Waals surface area contributed by atoms with Crippen LogP contribution in [0.5, 0.6) is 0 Å². The van der Waals surface area contributed by atoms with E-state index in [1.165, 1.54) is 16.8 Å². The lowest BCUT2D eigenvalue weighted by molar-refractivity contribution is 0.455. The van der Waals surface area contributed by atoms with E-state index >= 15 is 0 Å². The van der Waals surface area contributed by atoms with Gasteiger partial charge in [-0.3, -0.25) is 0 Å². The molecule has 3 rings (SSSR count). The van der Waals surface area contributed by atoms with Crippen LogP contribution in [0.15, 0.2) is 30.3 Å². The normalized spacial score (nSPS) is 22.7. The number of likely N-dealkylation sites (N-methyl/N-ethyl adjacent to an activating group) is 1. The van der Waals surface area contributed by atoms with Crippen LogP contribution in [-0.2, 0) is 13.5 Å². The standard InChI is InChI=1S/C15H21N5/c1-3-16-14(10-15-17-19-20(2)18-15)13-9-12(13)11-7-5-4-6-8-11/h4-8,12-14,16H,3,9-10H2,1-2H3. The summed E-state index contributed by atoms with van der Waals surface area (Å²) in [5.74, 6) is 2.19. The van der Waals surface area contributed by atoms with Gasteiger partial charge in [0.1, 0.15) is 0 Å². The molecule has 20 heavy (non-hydrogen) atoms. The summed E-state index contributed by atoms with van der Waals surface area (Å²) in [6, 6.07) is 11.2. The van der Waals surface area contributed by atoms with Crippen LogP contribution < -0.4 is 5.32 Å². The first-order chi connectivity index (χ1) is 9.78. The molecule has 5 nitrogen and oxygen atoms in total. The SMILES string of the molecule is CCNC(Cc1nnn(C)n1)C1CC1c1ccccc1. The smallest absolute Gasteiger partial charge is 0.176 e. The number of tetrazole rings is 1. The highest BCUT2D eigenvalue weighted by Crippen LogP contribution is 2.49. The zero-order chi connectivity index (χ0) is 13.9. The van der Waals surface area contributed by atoms with Gasteiger partial charge < -0.3 is 5.32 Å². The van der Waals surface area contributed by atoms with Gasteiger partial charge in [-0.05, 0) is 35.6 Å². The molecule has 0 radical (unpaired) electrons. The molecule has 1 saturated carbocycles. The number of aromatic nitrogens is 4. The lowest BCUT2D eigenvalue weighted by atomic mass is 10.0. The maximum atomic E-state index is 4.30. The minimum atomic E-state index is 0.439. The Morgan fingerprint density at radius 2 is 2.15 bits per heavy atom. The highest BCUT2D eigenvalue weighted by molar-refractivity contribution is 5.26. The van der Waals surface area contributed by atoms with Crippen molar-refractivity contribution in [3.63, 3.8) is 0 Å². The molecule has 5 heteroatoms. The fourth-order valence-electron chi connectivity index (χ4n) is 2.98. The zero-order valence-electron chi connectivity index (χ0n) is 12.0. The molecule has 1 fully saturated rings. The van der Waals surface area contributed by atoms with E-state index in [0.717, 1.165) is 18.8 Å². The monoisotopic (exact) mass is 271 g/mol.